The lowest BCUT2D eigenvalue weighted by Gasteiger charge is -2.30. The molecule has 118 valence electrons. The summed E-state index contributed by atoms with van der Waals surface area (Å²) in [6.45, 7) is 2.29. The minimum absolute atomic E-state index is 0.602. The monoisotopic (exact) mass is 280 g/mol. The van der Waals surface area contributed by atoms with Gasteiger partial charge in [0, 0.05) is 6.04 Å². The third kappa shape index (κ3) is 4.73. The fourth-order valence-electron chi connectivity index (χ4n) is 4.71. The van der Waals surface area contributed by atoms with Crippen LogP contribution in [0.5, 0.6) is 0 Å². The van der Waals surface area contributed by atoms with Crippen molar-refractivity contribution in [1.29, 1.82) is 0 Å². The zero-order chi connectivity index (χ0) is 14.2. The number of unbranched alkanes of at least 4 members (excludes halogenated alkanes) is 7. The Kier molecular flexibility index (Phi) is 7.37. The van der Waals surface area contributed by atoms with E-state index in [0.29, 0.717) is 6.04 Å². The summed E-state index contributed by atoms with van der Waals surface area (Å²) < 4.78 is 0. The Balaban J connectivity index is 1.51. The van der Waals surface area contributed by atoms with Crippen LogP contribution in [-0.2, 0) is 0 Å². The van der Waals surface area contributed by atoms with Gasteiger partial charge in [0.05, 0.1) is 0 Å². The van der Waals surface area contributed by atoms with Crippen LogP contribution in [0.4, 0.5) is 0 Å². The van der Waals surface area contributed by atoms with Gasteiger partial charge in [-0.15, -0.1) is 0 Å². The van der Waals surface area contributed by atoms with E-state index in [1.165, 1.54) is 83.5 Å². The number of hydrogen-bond acceptors (Lipinski definition) is 2. The maximum absolute atomic E-state index is 5.83. The molecular weight excluding hydrogens is 244 g/mol. The van der Waals surface area contributed by atoms with Gasteiger partial charge in [0.1, 0.15) is 0 Å². The summed E-state index contributed by atoms with van der Waals surface area (Å²) >= 11 is 0. The zero-order valence-electron chi connectivity index (χ0n) is 13.6. The van der Waals surface area contributed by atoms with Crippen LogP contribution in [0.2, 0.25) is 0 Å². The SMILES string of the molecule is CCCCCCCCCCC(NN)C1CC2CCC1C2. The lowest BCUT2D eigenvalue weighted by atomic mass is 9.81. The molecule has 2 fully saturated rings. The van der Waals surface area contributed by atoms with E-state index in [1.54, 1.807) is 0 Å². The molecule has 0 aromatic carbocycles. The van der Waals surface area contributed by atoms with Crippen molar-refractivity contribution in [2.45, 2.75) is 96.4 Å². The summed E-state index contributed by atoms with van der Waals surface area (Å²) in [6, 6.07) is 0.602. The average Bonchev–Trinajstić information content (AvgIpc) is 3.08. The molecule has 2 heteroatoms. The summed E-state index contributed by atoms with van der Waals surface area (Å²) in [5.41, 5.74) is 3.15. The topological polar surface area (TPSA) is 38.0 Å². The minimum atomic E-state index is 0.602. The van der Waals surface area contributed by atoms with Crippen molar-refractivity contribution in [3.05, 3.63) is 0 Å². The van der Waals surface area contributed by atoms with Gasteiger partial charge in [-0.2, -0.15) is 0 Å². The number of rotatable bonds is 11. The lowest BCUT2D eigenvalue weighted by molar-refractivity contribution is 0.235. The first-order valence-corrected chi connectivity index (χ1v) is 9.31. The Morgan fingerprint density at radius 2 is 1.65 bits per heavy atom. The first-order chi connectivity index (χ1) is 9.85. The number of nitrogens with one attached hydrogen (secondary N) is 1. The highest BCUT2D eigenvalue weighted by molar-refractivity contribution is 4.94. The largest absolute Gasteiger partial charge is 0.271 e. The second kappa shape index (κ2) is 9.04. The predicted molar refractivity (Wildman–Crippen MR) is 87.3 cm³/mol. The molecule has 3 N–H and O–H groups in total. The number of fused-ring (bicyclic) bond motifs is 2. The van der Waals surface area contributed by atoms with E-state index in [0.717, 1.165) is 17.8 Å². The van der Waals surface area contributed by atoms with Crippen molar-refractivity contribution in [2.24, 2.45) is 23.6 Å². The van der Waals surface area contributed by atoms with Crippen LogP contribution in [0.3, 0.4) is 0 Å². The van der Waals surface area contributed by atoms with Gasteiger partial charge >= 0.3 is 0 Å². The molecule has 2 bridgehead atoms. The molecule has 0 heterocycles. The van der Waals surface area contributed by atoms with Crippen molar-refractivity contribution in [3.63, 3.8) is 0 Å². The second-order valence-corrected chi connectivity index (χ2v) is 7.38. The Labute approximate surface area is 126 Å². The fraction of sp³-hybridized carbons (Fsp3) is 1.00. The maximum Gasteiger partial charge on any atom is 0.0241 e. The van der Waals surface area contributed by atoms with E-state index in [1.807, 2.05) is 0 Å². The van der Waals surface area contributed by atoms with Crippen LogP contribution >= 0.6 is 0 Å². The molecule has 0 spiro atoms. The molecule has 20 heavy (non-hydrogen) atoms. The molecule has 0 radical (unpaired) electrons. The zero-order valence-corrected chi connectivity index (χ0v) is 13.6. The quantitative estimate of drug-likeness (QED) is 0.324. The van der Waals surface area contributed by atoms with E-state index in [2.05, 4.69) is 12.3 Å². The van der Waals surface area contributed by atoms with Crippen LogP contribution < -0.4 is 11.3 Å². The number of hydrazine groups is 1. The highest BCUT2D eigenvalue weighted by Crippen LogP contribution is 2.50. The summed E-state index contributed by atoms with van der Waals surface area (Å²) in [5, 5.41) is 0. The number of hydrogen-bond donors (Lipinski definition) is 2. The fourth-order valence-corrected chi connectivity index (χ4v) is 4.71. The lowest BCUT2D eigenvalue weighted by Crippen LogP contribution is -2.42. The summed E-state index contributed by atoms with van der Waals surface area (Å²) in [5.74, 6) is 8.76. The molecule has 2 aliphatic carbocycles. The van der Waals surface area contributed by atoms with Gasteiger partial charge in [-0.05, 0) is 43.4 Å². The third-order valence-corrected chi connectivity index (χ3v) is 5.89. The molecule has 0 aromatic rings. The molecule has 2 nitrogen and oxygen atoms in total. The van der Waals surface area contributed by atoms with Crippen molar-refractivity contribution in [2.75, 3.05) is 0 Å². The van der Waals surface area contributed by atoms with Gasteiger partial charge in [-0.25, -0.2) is 0 Å². The molecule has 4 unspecified atom stereocenters. The van der Waals surface area contributed by atoms with Crippen LogP contribution in [0.25, 0.3) is 0 Å². The Morgan fingerprint density at radius 1 is 0.950 bits per heavy atom. The summed E-state index contributed by atoms with van der Waals surface area (Å²) in [4.78, 5) is 0. The van der Waals surface area contributed by atoms with Crippen LogP contribution in [0.1, 0.15) is 90.4 Å². The Morgan fingerprint density at radius 3 is 2.20 bits per heavy atom. The Hall–Kier alpha value is -0.0800. The van der Waals surface area contributed by atoms with Gasteiger partial charge in [0.2, 0.25) is 0 Å². The Bertz CT molecular complexity index is 254. The van der Waals surface area contributed by atoms with Crippen LogP contribution in [-0.4, -0.2) is 6.04 Å². The molecule has 2 aliphatic rings. The summed E-state index contributed by atoms with van der Waals surface area (Å²) in [6.07, 6.45) is 18.5. The van der Waals surface area contributed by atoms with E-state index < -0.39 is 0 Å². The molecule has 0 amide bonds. The second-order valence-electron chi connectivity index (χ2n) is 7.38. The van der Waals surface area contributed by atoms with Gasteiger partial charge in [-0.1, -0.05) is 64.7 Å². The van der Waals surface area contributed by atoms with Crippen molar-refractivity contribution in [1.82, 2.24) is 5.43 Å². The van der Waals surface area contributed by atoms with Gasteiger partial charge in [0.25, 0.3) is 0 Å². The standard InChI is InChI=1S/C18H36N2/c1-2-3-4-5-6-7-8-9-10-18(20-19)17-14-15-11-12-16(17)13-15/h15-18,20H,2-14,19H2,1H3. The smallest absolute Gasteiger partial charge is 0.0241 e. The van der Waals surface area contributed by atoms with Gasteiger partial charge in [0.15, 0.2) is 0 Å². The molecule has 0 aromatic heterocycles. The average molecular weight is 280 g/mol. The third-order valence-electron chi connectivity index (χ3n) is 5.89. The van der Waals surface area contributed by atoms with Crippen molar-refractivity contribution in [3.8, 4) is 0 Å². The van der Waals surface area contributed by atoms with Gasteiger partial charge in [-0.3, -0.25) is 11.3 Å². The van der Waals surface area contributed by atoms with E-state index in [-0.39, 0.29) is 0 Å². The molecule has 0 saturated heterocycles. The van der Waals surface area contributed by atoms with E-state index in [4.69, 9.17) is 5.84 Å². The van der Waals surface area contributed by atoms with E-state index >= 15 is 0 Å². The summed E-state index contributed by atoms with van der Waals surface area (Å²) in [7, 11) is 0. The highest BCUT2D eigenvalue weighted by atomic mass is 15.2. The maximum atomic E-state index is 5.83. The van der Waals surface area contributed by atoms with Crippen LogP contribution in [0.15, 0.2) is 0 Å². The molecular formula is C18H36N2. The van der Waals surface area contributed by atoms with Gasteiger partial charge < -0.3 is 0 Å². The normalized spacial score (nSPS) is 30.0. The first kappa shape index (κ1) is 16.3. The predicted octanol–water partition coefficient (Wildman–Crippen LogP) is 4.79. The number of nitrogens with two attached hydrogens (primary N) is 1. The molecule has 2 rings (SSSR count). The van der Waals surface area contributed by atoms with Crippen LogP contribution in [0, 0.1) is 17.8 Å². The minimum Gasteiger partial charge on any atom is -0.271 e. The first-order valence-electron chi connectivity index (χ1n) is 9.31. The van der Waals surface area contributed by atoms with E-state index in [9.17, 15) is 0 Å². The molecule has 0 aliphatic heterocycles. The van der Waals surface area contributed by atoms with Crippen molar-refractivity contribution < 1.29 is 0 Å². The molecule has 4 atom stereocenters. The molecule has 2 saturated carbocycles. The van der Waals surface area contributed by atoms with Crippen molar-refractivity contribution >= 4 is 0 Å². The highest BCUT2D eigenvalue weighted by Gasteiger charge is 2.42.